The van der Waals surface area contributed by atoms with Crippen molar-refractivity contribution in [1.82, 2.24) is 10.2 Å². The van der Waals surface area contributed by atoms with Crippen LogP contribution in [0.25, 0.3) is 0 Å². The first-order chi connectivity index (χ1) is 7.65. The number of rotatable bonds is 5. The summed E-state index contributed by atoms with van der Waals surface area (Å²) in [6, 6.07) is 0.254. The first-order valence-corrected chi connectivity index (χ1v) is 6.14. The molecule has 0 saturated carbocycles. The van der Waals surface area contributed by atoms with Crippen LogP contribution in [-0.4, -0.2) is 50.2 Å². The van der Waals surface area contributed by atoms with Crippen molar-refractivity contribution >= 4 is 5.91 Å². The minimum atomic E-state index is 0.100. The number of amides is 1. The summed E-state index contributed by atoms with van der Waals surface area (Å²) in [6.45, 7) is 7.31. The lowest BCUT2D eigenvalue weighted by molar-refractivity contribution is -0.137. The van der Waals surface area contributed by atoms with Crippen molar-refractivity contribution in [3.8, 4) is 0 Å². The van der Waals surface area contributed by atoms with Gasteiger partial charge in [-0.05, 0) is 45.7 Å². The molecule has 1 amide bonds. The zero-order valence-corrected chi connectivity index (χ0v) is 10.7. The second-order valence-corrected chi connectivity index (χ2v) is 4.79. The first kappa shape index (κ1) is 13.5. The van der Waals surface area contributed by atoms with E-state index in [1.807, 2.05) is 4.90 Å². The summed E-state index contributed by atoms with van der Waals surface area (Å²) in [4.78, 5) is 13.8. The van der Waals surface area contributed by atoms with Crippen LogP contribution in [0.4, 0.5) is 0 Å². The van der Waals surface area contributed by atoms with Gasteiger partial charge in [0.2, 0.25) is 5.91 Å². The van der Waals surface area contributed by atoms with E-state index in [9.17, 15) is 4.79 Å². The Kier molecular flexibility index (Phi) is 5.77. The van der Waals surface area contributed by atoms with E-state index in [0.29, 0.717) is 5.92 Å². The molecule has 0 aromatic rings. The van der Waals surface area contributed by atoms with Crippen LogP contribution >= 0.6 is 0 Å². The van der Waals surface area contributed by atoms with Crippen molar-refractivity contribution in [3.63, 3.8) is 0 Å². The molecule has 1 atom stereocenters. The molecule has 0 spiro atoms. The largest absolute Gasteiger partial charge is 0.375 e. The van der Waals surface area contributed by atoms with E-state index in [2.05, 4.69) is 19.2 Å². The van der Waals surface area contributed by atoms with E-state index in [0.717, 1.165) is 19.6 Å². The summed E-state index contributed by atoms with van der Waals surface area (Å²) in [5, 5.41) is 3.38. The molecule has 4 heteroatoms. The van der Waals surface area contributed by atoms with Crippen LogP contribution in [0.5, 0.6) is 0 Å². The van der Waals surface area contributed by atoms with Gasteiger partial charge in [0, 0.05) is 19.7 Å². The Balaban J connectivity index is 2.46. The molecule has 1 unspecified atom stereocenters. The predicted octanol–water partition coefficient (Wildman–Crippen LogP) is 0.869. The number of nitrogens with one attached hydrogen (secondary N) is 1. The zero-order valence-electron chi connectivity index (χ0n) is 10.7. The molecule has 0 aliphatic carbocycles. The molecule has 1 N–H and O–H groups in total. The van der Waals surface area contributed by atoms with Crippen molar-refractivity contribution in [2.75, 3.05) is 33.4 Å². The number of nitrogens with zero attached hydrogens (tertiary/aromatic N) is 1. The predicted molar refractivity (Wildman–Crippen MR) is 64.3 cm³/mol. The third-order valence-electron chi connectivity index (χ3n) is 3.07. The number of carbonyl (C=O) groups excluding carboxylic acids is 1. The lowest BCUT2D eigenvalue weighted by atomic mass is 9.98. The Morgan fingerprint density at radius 2 is 2.31 bits per heavy atom. The molecule has 1 aliphatic heterocycles. The molecule has 1 heterocycles. The molecule has 1 aliphatic rings. The standard InChI is InChI=1S/C12H24N2O2/c1-10(2)14(12(15)9-16-3)8-11-5-4-6-13-7-11/h10-11,13H,4-9H2,1-3H3. The van der Waals surface area contributed by atoms with Crippen molar-refractivity contribution in [3.05, 3.63) is 0 Å². The molecule has 94 valence electrons. The molecule has 16 heavy (non-hydrogen) atoms. The number of piperidine rings is 1. The molecule has 0 bridgehead atoms. The number of carbonyl (C=O) groups is 1. The maximum atomic E-state index is 11.8. The van der Waals surface area contributed by atoms with Gasteiger partial charge in [-0.2, -0.15) is 0 Å². The van der Waals surface area contributed by atoms with Gasteiger partial charge in [0.05, 0.1) is 0 Å². The van der Waals surface area contributed by atoms with Crippen molar-refractivity contribution in [1.29, 1.82) is 0 Å². The maximum absolute atomic E-state index is 11.8. The topological polar surface area (TPSA) is 41.6 Å². The summed E-state index contributed by atoms with van der Waals surface area (Å²) in [5.41, 5.74) is 0. The van der Waals surface area contributed by atoms with Gasteiger partial charge in [-0.25, -0.2) is 0 Å². The molecule has 4 nitrogen and oxygen atoms in total. The van der Waals surface area contributed by atoms with Crippen molar-refractivity contribution < 1.29 is 9.53 Å². The molecule has 0 aromatic heterocycles. The third kappa shape index (κ3) is 4.10. The highest BCUT2D eigenvalue weighted by molar-refractivity contribution is 5.77. The van der Waals surface area contributed by atoms with E-state index in [-0.39, 0.29) is 18.6 Å². The molecule has 1 rings (SSSR count). The molecule has 1 fully saturated rings. The third-order valence-corrected chi connectivity index (χ3v) is 3.07. The van der Waals surface area contributed by atoms with Gasteiger partial charge in [-0.15, -0.1) is 0 Å². The number of ether oxygens (including phenoxy) is 1. The lowest BCUT2D eigenvalue weighted by Gasteiger charge is -2.32. The van der Waals surface area contributed by atoms with Gasteiger partial charge >= 0.3 is 0 Å². The van der Waals surface area contributed by atoms with E-state index >= 15 is 0 Å². The van der Waals surface area contributed by atoms with Gasteiger partial charge in [0.1, 0.15) is 6.61 Å². The summed E-state index contributed by atoms with van der Waals surface area (Å²) < 4.78 is 4.92. The fourth-order valence-electron chi connectivity index (χ4n) is 2.16. The van der Waals surface area contributed by atoms with Crippen LogP contribution in [-0.2, 0) is 9.53 Å². The monoisotopic (exact) mass is 228 g/mol. The molecule has 0 radical (unpaired) electrons. The Labute approximate surface area is 98.3 Å². The van der Waals surface area contributed by atoms with E-state index in [4.69, 9.17) is 4.74 Å². The van der Waals surface area contributed by atoms with Crippen LogP contribution in [0, 0.1) is 5.92 Å². The van der Waals surface area contributed by atoms with Crippen molar-refractivity contribution in [2.24, 2.45) is 5.92 Å². The number of methoxy groups -OCH3 is 1. The molecule has 1 saturated heterocycles. The quantitative estimate of drug-likeness (QED) is 0.759. The molecular formula is C12H24N2O2. The van der Waals surface area contributed by atoms with Gasteiger partial charge in [0.15, 0.2) is 0 Å². The molecular weight excluding hydrogens is 204 g/mol. The van der Waals surface area contributed by atoms with Crippen LogP contribution < -0.4 is 5.32 Å². The average molecular weight is 228 g/mol. The lowest BCUT2D eigenvalue weighted by Crippen LogP contribution is -2.45. The summed E-state index contributed by atoms with van der Waals surface area (Å²) >= 11 is 0. The van der Waals surface area contributed by atoms with Gasteiger partial charge in [-0.1, -0.05) is 0 Å². The highest BCUT2D eigenvalue weighted by Gasteiger charge is 2.22. The van der Waals surface area contributed by atoms with Crippen LogP contribution in [0.3, 0.4) is 0 Å². The van der Waals surface area contributed by atoms with Gasteiger partial charge in [0.25, 0.3) is 0 Å². The SMILES string of the molecule is COCC(=O)N(CC1CCCNC1)C(C)C. The Bertz CT molecular complexity index is 213. The minimum Gasteiger partial charge on any atom is -0.375 e. The Morgan fingerprint density at radius 3 is 2.81 bits per heavy atom. The van der Waals surface area contributed by atoms with E-state index in [1.165, 1.54) is 12.8 Å². The maximum Gasteiger partial charge on any atom is 0.248 e. The average Bonchev–Trinajstić information content (AvgIpc) is 2.27. The van der Waals surface area contributed by atoms with Crippen LogP contribution in [0.1, 0.15) is 26.7 Å². The highest BCUT2D eigenvalue weighted by atomic mass is 16.5. The van der Waals surface area contributed by atoms with Gasteiger partial charge in [-0.3, -0.25) is 4.79 Å². The zero-order chi connectivity index (χ0) is 12.0. The number of hydrogen-bond donors (Lipinski definition) is 1. The Hall–Kier alpha value is -0.610. The second-order valence-electron chi connectivity index (χ2n) is 4.79. The summed E-state index contributed by atoms with van der Waals surface area (Å²) in [5.74, 6) is 0.694. The Morgan fingerprint density at radius 1 is 1.56 bits per heavy atom. The van der Waals surface area contributed by atoms with Crippen LogP contribution in [0.2, 0.25) is 0 Å². The molecule has 0 aromatic carbocycles. The smallest absolute Gasteiger partial charge is 0.248 e. The summed E-state index contributed by atoms with van der Waals surface area (Å²) in [7, 11) is 1.57. The van der Waals surface area contributed by atoms with E-state index in [1.54, 1.807) is 7.11 Å². The summed E-state index contributed by atoms with van der Waals surface area (Å²) in [6.07, 6.45) is 2.44. The fraction of sp³-hybridized carbons (Fsp3) is 0.917. The minimum absolute atomic E-state index is 0.100. The highest BCUT2D eigenvalue weighted by Crippen LogP contribution is 2.13. The van der Waals surface area contributed by atoms with Crippen LogP contribution in [0.15, 0.2) is 0 Å². The fourth-order valence-corrected chi connectivity index (χ4v) is 2.16. The first-order valence-electron chi connectivity index (χ1n) is 6.14. The van der Waals surface area contributed by atoms with E-state index < -0.39 is 0 Å². The number of hydrogen-bond acceptors (Lipinski definition) is 3. The second kappa shape index (κ2) is 6.86. The van der Waals surface area contributed by atoms with Crippen molar-refractivity contribution in [2.45, 2.75) is 32.7 Å². The normalized spacial score (nSPS) is 21.1. The van der Waals surface area contributed by atoms with Gasteiger partial charge < -0.3 is 15.0 Å².